The fourth-order valence-electron chi connectivity index (χ4n) is 5.98. The van der Waals surface area contributed by atoms with Gasteiger partial charge in [-0.1, -0.05) is 47.5 Å². The molecule has 16 heteroatoms. The summed E-state index contributed by atoms with van der Waals surface area (Å²) >= 11 is 3.38. The highest BCUT2D eigenvalue weighted by Crippen LogP contribution is 2.31. The lowest BCUT2D eigenvalue weighted by Gasteiger charge is -2.36. The van der Waals surface area contributed by atoms with Gasteiger partial charge in [0.2, 0.25) is 11.8 Å². The molecule has 0 spiro atoms. The highest BCUT2D eigenvalue weighted by Gasteiger charge is 2.46. The standard InChI is InChI=1S/C33H49BrN4O10S/c1-20(2)28(29(40)35-26(31(42)46-8)18-37-16-22(34)15-23(39)17-37)36(7)30(41)25-13-14-38(32(43)48-33(4,5)6)27(25)19-47-49(44,45)24-11-9-21(3)10-12-24/h9-12,15,20,23,25-28,39H,13-14,16-19H2,1-8H3,(H,35,40)/t23?,25-,26-,27+,28-/m0/s1. The Morgan fingerprint density at radius 2 is 1.78 bits per heavy atom. The fourth-order valence-corrected chi connectivity index (χ4v) is 7.57. The Balaban J connectivity index is 1.85. The van der Waals surface area contributed by atoms with Crippen molar-refractivity contribution in [3.05, 3.63) is 40.4 Å². The maximum Gasteiger partial charge on any atom is 0.410 e. The molecule has 2 aliphatic heterocycles. The van der Waals surface area contributed by atoms with Gasteiger partial charge in [0, 0.05) is 37.7 Å². The number of likely N-dealkylation sites (tertiary alicyclic amines) is 1. The van der Waals surface area contributed by atoms with E-state index in [9.17, 15) is 32.7 Å². The number of benzene rings is 1. The van der Waals surface area contributed by atoms with Crippen LogP contribution < -0.4 is 5.32 Å². The van der Waals surface area contributed by atoms with Gasteiger partial charge in [-0.3, -0.25) is 18.7 Å². The van der Waals surface area contributed by atoms with Gasteiger partial charge in [-0.2, -0.15) is 8.42 Å². The molecule has 3 rings (SSSR count). The number of ether oxygens (including phenoxy) is 2. The highest BCUT2D eigenvalue weighted by molar-refractivity contribution is 9.11. The van der Waals surface area contributed by atoms with Gasteiger partial charge < -0.3 is 29.7 Å². The topological polar surface area (TPSA) is 172 Å². The lowest BCUT2D eigenvalue weighted by atomic mass is 9.95. The second-order valence-electron chi connectivity index (χ2n) is 13.8. The minimum atomic E-state index is -4.24. The van der Waals surface area contributed by atoms with Gasteiger partial charge >= 0.3 is 12.1 Å². The lowest BCUT2D eigenvalue weighted by molar-refractivity contribution is -0.148. The quantitative estimate of drug-likeness (QED) is 0.236. The van der Waals surface area contributed by atoms with Crippen LogP contribution in [-0.4, -0.2) is 129 Å². The molecule has 0 bridgehead atoms. The number of β-amino-alcohol motifs (C(OH)–C–C–N with tert-alkyl or cyclic N) is 1. The van der Waals surface area contributed by atoms with Crippen LogP contribution in [0.2, 0.25) is 0 Å². The van der Waals surface area contributed by atoms with E-state index in [1.807, 2.05) is 6.92 Å². The SMILES string of the molecule is COC(=O)[C@H](CN1CC(Br)=CC(O)C1)NC(=O)[C@H](C(C)C)N(C)C(=O)[C@H]1CCN(C(=O)OC(C)(C)C)[C@@H]1COS(=O)(=O)c1ccc(C)cc1. The molecule has 0 radical (unpaired) electrons. The summed E-state index contributed by atoms with van der Waals surface area (Å²) < 4.78 is 42.9. The number of hydrogen-bond donors (Lipinski definition) is 2. The number of carbonyl (C=O) groups is 4. The largest absolute Gasteiger partial charge is 0.467 e. The van der Waals surface area contributed by atoms with Crippen LogP contribution in [0.25, 0.3) is 0 Å². The number of hydrogen-bond acceptors (Lipinski definition) is 11. The molecule has 1 aromatic carbocycles. The van der Waals surface area contributed by atoms with E-state index in [0.717, 1.165) is 10.0 Å². The average molecular weight is 774 g/mol. The van der Waals surface area contributed by atoms with Crippen molar-refractivity contribution in [3.8, 4) is 0 Å². The molecule has 0 aliphatic carbocycles. The van der Waals surface area contributed by atoms with Crippen molar-refractivity contribution in [2.45, 2.75) is 82.7 Å². The number of aliphatic hydroxyl groups is 1. The molecule has 0 saturated carbocycles. The van der Waals surface area contributed by atoms with Gasteiger partial charge in [0.25, 0.3) is 10.1 Å². The van der Waals surface area contributed by atoms with Crippen LogP contribution in [0.5, 0.6) is 0 Å². The Morgan fingerprint density at radius 3 is 2.33 bits per heavy atom. The van der Waals surface area contributed by atoms with E-state index in [4.69, 9.17) is 13.7 Å². The molecule has 274 valence electrons. The molecular weight excluding hydrogens is 724 g/mol. The zero-order chi connectivity index (χ0) is 36.8. The number of aryl methyl sites for hydroxylation is 1. The van der Waals surface area contributed by atoms with Crippen LogP contribution in [0.1, 0.15) is 46.6 Å². The predicted molar refractivity (Wildman–Crippen MR) is 184 cm³/mol. The highest BCUT2D eigenvalue weighted by atomic mass is 79.9. The van der Waals surface area contributed by atoms with Gasteiger partial charge in [0.15, 0.2) is 0 Å². The molecule has 3 amide bonds. The number of nitrogens with zero attached hydrogens (tertiary/aromatic N) is 3. The van der Waals surface area contributed by atoms with Crippen molar-refractivity contribution < 1.29 is 46.4 Å². The van der Waals surface area contributed by atoms with Crippen LogP contribution in [0.3, 0.4) is 0 Å². The molecule has 49 heavy (non-hydrogen) atoms. The third kappa shape index (κ3) is 11.0. The smallest absolute Gasteiger partial charge is 0.410 e. The Kier molecular flexibility index (Phi) is 13.8. The molecule has 1 unspecified atom stereocenters. The van der Waals surface area contributed by atoms with E-state index in [0.29, 0.717) is 6.54 Å². The summed E-state index contributed by atoms with van der Waals surface area (Å²) in [6, 6.07) is 2.92. The molecular formula is C33H49BrN4O10S. The summed E-state index contributed by atoms with van der Waals surface area (Å²) in [5.41, 5.74) is 0.00193. The van der Waals surface area contributed by atoms with Gasteiger partial charge in [-0.25, -0.2) is 9.59 Å². The van der Waals surface area contributed by atoms with Crippen LogP contribution in [0.15, 0.2) is 39.7 Å². The van der Waals surface area contributed by atoms with E-state index in [-0.39, 0.29) is 31.0 Å². The van der Waals surface area contributed by atoms with E-state index < -0.39 is 82.3 Å². The van der Waals surface area contributed by atoms with Gasteiger partial charge in [0.1, 0.15) is 17.7 Å². The third-order valence-electron chi connectivity index (χ3n) is 8.30. The van der Waals surface area contributed by atoms with E-state index in [1.165, 1.54) is 36.1 Å². The first-order valence-corrected chi connectivity index (χ1v) is 18.3. The summed E-state index contributed by atoms with van der Waals surface area (Å²) in [4.78, 5) is 58.3. The molecule has 2 heterocycles. The van der Waals surface area contributed by atoms with E-state index >= 15 is 0 Å². The lowest BCUT2D eigenvalue weighted by Crippen LogP contribution is -2.58. The Morgan fingerprint density at radius 1 is 1.14 bits per heavy atom. The fraction of sp³-hybridized carbons (Fsp3) is 0.636. The van der Waals surface area contributed by atoms with Crippen LogP contribution in [0, 0.1) is 18.8 Å². The number of amides is 3. The number of nitrogens with one attached hydrogen (secondary N) is 1. The van der Waals surface area contributed by atoms with Crippen molar-refractivity contribution in [3.63, 3.8) is 0 Å². The Labute approximate surface area is 297 Å². The summed E-state index contributed by atoms with van der Waals surface area (Å²) in [5, 5.41) is 12.9. The van der Waals surface area contributed by atoms with Crippen LogP contribution >= 0.6 is 15.9 Å². The summed E-state index contributed by atoms with van der Waals surface area (Å²) in [7, 11) is -1.58. The van der Waals surface area contributed by atoms with Crippen molar-refractivity contribution in [2.24, 2.45) is 11.8 Å². The Hall–Kier alpha value is -3.05. The average Bonchev–Trinajstić information content (AvgIpc) is 3.42. The second-order valence-corrected chi connectivity index (χ2v) is 16.4. The molecule has 0 aromatic heterocycles. The monoisotopic (exact) mass is 772 g/mol. The molecule has 1 aromatic rings. The first kappa shape index (κ1) is 40.4. The number of carbonyl (C=O) groups excluding carboxylic acids is 4. The summed E-state index contributed by atoms with van der Waals surface area (Å²) in [5.74, 6) is -3.16. The number of rotatable bonds is 12. The minimum absolute atomic E-state index is 0.0449. The number of esters is 1. The minimum Gasteiger partial charge on any atom is -0.467 e. The van der Waals surface area contributed by atoms with E-state index in [1.54, 1.807) is 57.7 Å². The maximum absolute atomic E-state index is 14.2. The number of halogens is 1. The van der Waals surface area contributed by atoms with Crippen LogP contribution in [-0.2, 0) is 38.2 Å². The summed E-state index contributed by atoms with van der Waals surface area (Å²) in [6.45, 7) is 10.7. The summed E-state index contributed by atoms with van der Waals surface area (Å²) in [6.07, 6.45) is 0.327. The maximum atomic E-state index is 14.2. The molecule has 1 saturated heterocycles. The molecule has 1 fully saturated rings. The number of methoxy groups -OCH3 is 1. The number of likely N-dealkylation sites (N-methyl/N-ethyl adjacent to an activating group) is 1. The molecule has 2 N–H and O–H groups in total. The molecule has 2 aliphatic rings. The Bertz CT molecular complexity index is 1500. The predicted octanol–water partition coefficient (Wildman–Crippen LogP) is 2.42. The van der Waals surface area contributed by atoms with Gasteiger partial charge in [0.05, 0.1) is 36.7 Å². The van der Waals surface area contributed by atoms with E-state index in [2.05, 4.69) is 21.2 Å². The first-order valence-electron chi connectivity index (χ1n) is 16.1. The zero-order valence-corrected chi connectivity index (χ0v) is 31.7. The third-order valence-corrected chi connectivity index (χ3v) is 10.1. The normalized spacial score (nSPS) is 21.5. The molecule has 5 atom stereocenters. The first-order chi connectivity index (χ1) is 22.7. The van der Waals surface area contributed by atoms with Crippen molar-refractivity contribution >= 4 is 49.9 Å². The zero-order valence-electron chi connectivity index (χ0n) is 29.3. The van der Waals surface area contributed by atoms with Gasteiger partial charge in [-0.15, -0.1) is 0 Å². The van der Waals surface area contributed by atoms with Crippen LogP contribution in [0.4, 0.5) is 4.79 Å². The van der Waals surface area contributed by atoms with Crippen molar-refractivity contribution in [2.75, 3.05) is 46.9 Å². The second kappa shape index (κ2) is 16.8. The van der Waals surface area contributed by atoms with Gasteiger partial charge in [-0.05, 0) is 58.2 Å². The van der Waals surface area contributed by atoms with Crippen molar-refractivity contribution in [1.29, 1.82) is 0 Å². The number of aliphatic hydroxyl groups excluding tert-OH is 1. The molecule has 14 nitrogen and oxygen atoms in total. The van der Waals surface area contributed by atoms with Crippen molar-refractivity contribution in [1.82, 2.24) is 20.0 Å².